The molecule has 0 aromatic heterocycles. The van der Waals surface area contributed by atoms with E-state index >= 15 is 0 Å². The van der Waals surface area contributed by atoms with Gasteiger partial charge in [0.25, 0.3) is 0 Å². The van der Waals surface area contributed by atoms with E-state index < -0.39 is 5.60 Å². The number of carbonyl (C=O) groups is 2. The van der Waals surface area contributed by atoms with Crippen LogP contribution >= 0.6 is 0 Å². The minimum absolute atomic E-state index is 0.285. The molecule has 1 saturated heterocycles. The average Bonchev–Trinajstić information content (AvgIpc) is 2.47. The van der Waals surface area contributed by atoms with E-state index in [0.717, 1.165) is 6.42 Å². The maximum absolute atomic E-state index is 12.0. The molecule has 0 aliphatic carbocycles. The number of likely N-dealkylation sites (tertiary alicyclic amines) is 1. The Balaban J connectivity index is 1.67. The first-order chi connectivity index (χ1) is 11.3. The Labute approximate surface area is 142 Å². The molecule has 2 rings (SSSR count). The third-order valence-electron chi connectivity index (χ3n) is 3.67. The molecule has 1 heterocycles. The maximum Gasteiger partial charge on any atom is 0.410 e. The van der Waals surface area contributed by atoms with E-state index in [2.05, 4.69) is 0 Å². The van der Waals surface area contributed by atoms with Crippen LogP contribution in [-0.2, 0) is 9.47 Å². The molecular formula is C18H25NO5. The van der Waals surface area contributed by atoms with Gasteiger partial charge in [-0.25, -0.2) is 9.59 Å². The minimum Gasteiger partial charge on any atom is -0.497 e. The van der Waals surface area contributed by atoms with Crippen molar-refractivity contribution >= 4 is 12.1 Å². The molecule has 1 aliphatic rings. The second kappa shape index (κ2) is 7.55. The Hall–Kier alpha value is -2.24. The zero-order valence-electron chi connectivity index (χ0n) is 14.7. The van der Waals surface area contributed by atoms with Crippen molar-refractivity contribution in [1.29, 1.82) is 0 Å². The van der Waals surface area contributed by atoms with Crippen molar-refractivity contribution in [1.82, 2.24) is 4.90 Å². The van der Waals surface area contributed by atoms with E-state index in [-0.39, 0.29) is 12.1 Å². The first kappa shape index (κ1) is 18.1. The van der Waals surface area contributed by atoms with Crippen molar-refractivity contribution < 1.29 is 23.8 Å². The molecule has 1 aromatic carbocycles. The smallest absolute Gasteiger partial charge is 0.410 e. The molecule has 0 saturated carbocycles. The number of methoxy groups -OCH3 is 1. The topological polar surface area (TPSA) is 65.1 Å². The standard InChI is InChI=1S/C18H25NO5/c1-18(2,3)24-17(21)19-11-13(12-19)8-9-23-16(20)14-6-5-7-15(10-14)22-4/h5-7,10,13H,8-9,11-12H2,1-4H3. The summed E-state index contributed by atoms with van der Waals surface area (Å²) in [5.74, 6) is 0.601. The zero-order chi connectivity index (χ0) is 17.7. The van der Waals surface area contributed by atoms with Crippen LogP contribution in [0.2, 0.25) is 0 Å². The van der Waals surface area contributed by atoms with Crippen molar-refractivity contribution in [3.05, 3.63) is 29.8 Å². The number of hydrogen-bond acceptors (Lipinski definition) is 5. The molecule has 24 heavy (non-hydrogen) atoms. The van der Waals surface area contributed by atoms with Gasteiger partial charge in [-0.1, -0.05) is 6.07 Å². The normalized spacial score (nSPS) is 14.8. The molecule has 1 aliphatic heterocycles. The first-order valence-corrected chi connectivity index (χ1v) is 8.07. The largest absolute Gasteiger partial charge is 0.497 e. The molecule has 1 amide bonds. The molecule has 6 nitrogen and oxygen atoms in total. The predicted octanol–water partition coefficient (Wildman–Crippen LogP) is 3.11. The van der Waals surface area contributed by atoms with E-state index in [1.165, 1.54) is 0 Å². The molecule has 132 valence electrons. The molecule has 0 spiro atoms. The molecule has 0 radical (unpaired) electrons. The summed E-state index contributed by atoms with van der Waals surface area (Å²) >= 11 is 0. The number of carbonyl (C=O) groups excluding carboxylic acids is 2. The summed E-state index contributed by atoms with van der Waals surface area (Å²) in [7, 11) is 1.55. The first-order valence-electron chi connectivity index (χ1n) is 8.07. The van der Waals surface area contributed by atoms with Gasteiger partial charge in [0.2, 0.25) is 0 Å². The molecule has 0 unspecified atom stereocenters. The number of hydrogen-bond donors (Lipinski definition) is 0. The summed E-state index contributed by atoms with van der Waals surface area (Å²) in [5.41, 5.74) is -0.00705. The maximum atomic E-state index is 12.0. The highest BCUT2D eigenvalue weighted by Crippen LogP contribution is 2.22. The lowest BCUT2D eigenvalue weighted by atomic mass is 9.97. The van der Waals surface area contributed by atoms with Crippen LogP contribution in [-0.4, -0.2) is 49.4 Å². The highest BCUT2D eigenvalue weighted by Gasteiger charge is 2.33. The van der Waals surface area contributed by atoms with Crippen molar-refractivity contribution in [2.24, 2.45) is 5.92 Å². The van der Waals surface area contributed by atoms with E-state index in [9.17, 15) is 9.59 Å². The highest BCUT2D eigenvalue weighted by atomic mass is 16.6. The second-order valence-electron chi connectivity index (χ2n) is 6.91. The minimum atomic E-state index is -0.478. The number of nitrogens with zero attached hydrogens (tertiary/aromatic N) is 1. The van der Waals surface area contributed by atoms with Crippen molar-refractivity contribution in [2.75, 3.05) is 26.8 Å². The zero-order valence-corrected chi connectivity index (χ0v) is 14.7. The van der Waals surface area contributed by atoms with Crippen LogP contribution in [0.15, 0.2) is 24.3 Å². The Morgan fingerprint density at radius 2 is 1.96 bits per heavy atom. The molecule has 0 bridgehead atoms. The Bertz CT molecular complexity index is 587. The van der Waals surface area contributed by atoms with Gasteiger partial charge in [0.15, 0.2) is 0 Å². The van der Waals surface area contributed by atoms with Crippen molar-refractivity contribution in [2.45, 2.75) is 32.8 Å². The SMILES string of the molecule is COc1cccc(C(=O)OCCC2CN(C(=O)OC(C)(C)C)C2)c1. The van der Waals surface area contributed by atoms with E-state index in [4.69, 9.17) is 14.2 Å². The quantitative estimate of drug-likeness (QED) is 0.774. The predicted molar refractivity (Wildman–Crippen MR) is 89.2 cm³/mol. The molecule has 0 atom stereocenters. The third kappa shape index (κ3) is 5.15. The summed E-state index contributed by atoms with van der Waals surface area (Å²) in [6, 6.07) is 6.87. The van der Waals surface area contributed by atoms with Gasteiger partial charge in [-0.15, -0.1) is 0 Å². The molecule has 1 fully saturated rings. The van der Waals surface area contributed by atoms with Crippen LogP contribution < -0.4 is 4.74 Å². The number of ether oxygens (including phenoxy) is 3. The Kier molecular flexibility index (Phi) is 5.70. The molecule has 1 aromatic rings. The van der Waals surface area contributed by atoms with Crippen LogP contribution in [0.4, 0.5) is 4.79 Å². The average molecular weight is 335 g/mol. The summed E-state index contributed by atoms with van der Waals surface area (Å²) in [6.45, 7) is 7.17. The second-order valence-corrected chi connectivity index (χ2v) is 6.91. The third-order valence-corrected chi connectivity index (χ3v) is 3.67. The van der Waals surface area contributed by atoms with Gasteiger partial charge in [0.1, 0.15) is 11.4 Å². The molecule has 0 N–H and O–H groups in total. The lowest BCUT2D eigenvalue weighted by Gasteiger charge is -2.39. The number of rotatable bonds is 5. The van der Waals surface area contributed by atoms with Gasteiger partial charge >= 0.3 is 12.1 Å². The molecule has 6 heteroatoms. The van der Waals surface area contributed by atoms with Crippen LogP contribution in [0.25, 0.3) is 0 Å². The summed E-state index contributed by atoms with van der Waals surface area (Å²) in [6.07, 6.45) is 0.446. The Morgan fingerprint density at radius 3 is 2.58 bits per heavy atom. The Morgan fingerprint density at radius 1 is 1.25 bits per heavy atom. The van der Waals surface area contributed by atoms with Crippen LogP contribution in [0, 0.1) is 5.92 Å². The van der Waals surface area contributed by atoms with Crippen molar-refractivity contribution in [3.63, 3.8) is 0 Å². The van der Waals surface area contributed by atoms with Gasteiger partial charge in [0.05, 0.1) is 19.3 Å². The highest BCUT2D eigenvalue weighted by molar-refractivity contribution is 5.89. The fourth-order valence-corrected chi connectivity index (χ4v) is 2.38. The monoisotopic (exact) mass is 335 g/mol. The summed E-state index contributed by atoms with van der Waals surface area (Å²) < 4.78 is 15.7. The van der Waals surface area contributed by atoms with Gasteiger partial charge < -0.3 is 19.1 Å². The van der Waals surface area contributed by atoms with Gasteiger partial charge in [0, 0.05) is 13.1 Å². The van der Waals surface area contributed by atoms with Gasteiger partial charge in [-0.2, -0.15) is 0 Å². The van der Waals surface area contributed by atoms with E-state index in [1.54, 1.807) is 36.3 Å². The lowest BCUT2D eigenvalue weighted by molar-refractivity contribution is -0.00640. The number of benzene rings is 1. The van der Waals surface area contributed by atoms with Crippen LogP contribution in [0.3, 0.4) is 0 Å². The lowest BCUT2D eigenvalue weighted by Crippen LogP contribution is -2.51. The molecular weight excluding hydrogens is 310 g/mol. The van der Waals surface area contributed by atoms with Crippen molar-refractivity contribution in [3.8, 4) is 5.75 Å². The fourth-order valence-electron chi connectivity index (χ4n) is 2.38. The van der Waals surface area contributed by atoms with E-state index in [1.807, 2.05) is 20.8 Å². The number of esters is 1. The summed E-state index contributed by atoms with van der Waals surface area (Å²) in [5, 5.41) is 0. The summed E-state index contributed by atoms with van der Waals surface area (Å²) in [4.78, 5) is 25.5. The van der Waals surface area contributed by atoms with Gasteiger partial charge in [-0.05, 0) is 51.3 Å². The number of amides is 1. The van der Waals surface area contributed by atoms with Gasteiger partial charge in [-0.3, -0.25) is 0 Å². The van der Waals surface area contributed by atoms with E-state index in [0.29, 0.717) is 36.9 Å². The fraction of sp³-hybridized carbons (Fsp3) is 0.556. The van der Waals surface area contributed by atoms with Crippen LogP contribution in [0.1, 0.15) is 37.6 Å². The van der Waals surface area contributed by atoms with Crippen LogP contribution in [0.5, 0.6) is 5.75 Å².